The van der Waals surface area contributed by atoms with Crippen molar-refractivity contribution in [1.82, 2.24) is 14.9 Å². The third-order valence-electron chi connectivity index (χ3n) is 6.47. The lowest BCUT2D eigenvalue weighted by molar-refractivity contribution is 0.0950. The van der Waals surface area contributed by atoms with Crippen molar-refractivity contribution in [3.8, 4) is 6.07 Å². The van der Waals surface area contributed by atoms with Crippen molar-refractivity contribution in [1.29, 1.82) is 5.26 Å². The maximum atomic E-state index is 12.9. The van der Waals surface area contributed by atoms with Crippen molar-refractivity contribution in [2.45, 2.75) is 32.9 Å². The van der Waals surface area contributed by atoms with Gasteiger partial charge in [0.2, 0.25) is 0 Å². The molecule has 39 heavy (non-hydrogen) atoms. The number of nitrogens with zero attached hydrogens (tertiary/aromatic N) is 4. The van der Waals surface area contributed by atoms with Gasteiger partial charge in [-0.3, -0.25) is 19.6 Å². The van der Waals surface area contributed by atoms with Crippen molar-refractivity contribution < 1.29 is 4.79 Å². The van der Waals surface area contributed by atoms with Crippen LogP contribution in [-0.2, 0) is 25.9 Å². The Morgan fingerprint density at radius 2 is 1.79 bits per heavy atom. The molecule has 8 nitrogen and oxygen atoms in total. The average Bonchev–Trinajstić information content (AvgIpc) is 2.97. The molecule has 0 saturated heterocycles. The molecule has 0 radical (unpaired) electrons. The van der Waals surface area contributed by atoms with Crippen molar-refractivity contribution >= 4 is 11.7 Å². The predicted molar refractivity (Wildman–Crippen MR) is 152 cm³/mol. The number of rotatable bonds is 9. The van der Waals surface area contributed by atoms with Gasteiger partial charge in [0.05, 0.1) is 12.1 Å². The minimum absolute atomic E-state index is 0.157. The summed E-state index contributed by atoms with van der Waals surface area (Å²) in [4.78, 5) is 33.5. The number of nitrogens with two attached hydrogens (primary N) is 1. The summed E-state index contributed by atoms with van der Waals surface area (Å²) in [6.07, 6.45) is 4.58. The minimum atomic E-state index is -0.171. The lowest BCUT2D eigenvalue weighted by Crippen LogP contribution is -2.23. The fourth-order valence-electron chi connectivity index (χ4n) is 4.31. The third kappa shape index (κ3) is 6.84. The summed E-state index contributed by atoms with van der Waals surface area (Å²) < 4.78 is 1.52. The number of pyridine rings is 2. The van der Waals surface area contributed by atoms with E-state index in [-0.39, 0.29) is 11.5 Å². The van der Waals surface area contributed by atoms with Crippen LogP contribution in [0, 0.1) is 11.3 Å². The number of carbonyl (C=O) groups is 1. The Morgan fingerprint density at radius 3 is 2.51 bits per heavy atom. The number of hydrogen-bond acceptors (Lipinski definition) is 5. The molecule has 0 aliphatic rings. The van der Waals surface area contributed by atoms with Crippen molar-refractivity contribution in [3.63, 3.8) is 0 Å². The first-order valence-electron chi connectivity index (χ1n) is 12.7. The standard InChI is InChI=1S/C31H30N6O2/c1-3-25-14-23(8-10-28(25)30(33)34-2)18-36-31(39)26-12-13-35-27(16-26)15-21-4-6-22(7-5-21)19-37-20-24(17-32)9-11-29(37)38/h4-14,16,20H,3,15,18-19H2,1-2H3,(H2,33,34)(H,36,39). The molecule has 4 aromatic rings. The predicted octanol–water partition coefficient (Wildman–Crippen LogP) is 3.58. The highest BCUT2D eigenvalue weighted by Crippen LogP contribution is 2.15. The van der Waals surface area contributed by atoms with Crippen LogP contribution in [-0.4, -0.2) is 28.3 Å². The molecular weight excluding hydrogens is 488 g/mol. The highest BCUT2D eigenvalue weighted by molar-refractivity contribution is 5.99. The molecule has 0 bridgehead atoms. The summed E-state index contributed by atoms with van der Waals surface area (Å²) in [5.74, 6) is 0.332. The van der Waals surface area contributed by atoms with E-state index in [0.29, 0.717) is 36.5 Å². The molecule has 0 atom stereocenters. The van der Waals surface area contributed by atoms with E-state index in [0.717, 1.165) is 39.9 Å². The van der Waals surface area contributed by atoms with Gasteiger partial charge in [0.1, 0.15) is 11.9 Å². The number of nitriles is 1. The first-order chi connectivity index (χ1) is 18.9. The van der Waals surface area contributed by atoms with Crippen molar-refractivity contribution in [3.05, 3.63) is 134 Å². The smallest absolute Gasteiger partial charge is 0.251 e. The number of benzene rings is 2. The van der Waals surface area contributed by atoms with E-state index in [2.05, 4.69) is 28.3 Å². The maximum Gasteiger partial charge on any atom is 0.251 e. The van der Waals surface area contributed by atoms with Gasteiger partial charge in [0.25, 0.3) is 11.5 Å². The van der Waals surface area contributed by atoms with Crippen LogP contribution in [0.5, 0.6) is 0 Å². The van der Waals surface area contributed by atoms with Gasteiger partial charge in [-0.05, 0) is 46.9 Å². The molecule has 2 aromatic carbocycles. The van der Waals surface area contributed by atoms with Gasteiger partial charge in [0.15, 0.2) is 0 Å². The van der Waals surface area contributed by atoms with Crippen LogP contribution in [0.1, 0.15) is 56.4 Å². The summed E-state index contributed by atoms with van der Waals surface area (Å²) in [5, 5.41) is 12.1. The van der Waals surface area contributed by atoms with Crippen LogP contribution in [0.4, 0.5) is 0 Å². The average molecular weight is 519 g/mol. The minimum Gasteiger partial charge on any atom is -0.384 e. The Labute approximate surface area is 227 Å². The lowest BCUT2D eigenvalue weighted by Gasteiger charge is -2.11. The van der Waals surface area contributed by atoms with E-state index in [1.165, 1.54) is 16.7 Å². The maximum absolute atomic E-state index is 12.9. The molecule has 8 heteroatoms. The fourth-order valence-corrected chi connectivity index (χ4v) is 4.31. The molecule has 2 aromatic heterocycles. The first-order valence-corrected chi connectivity index (χ1v) is 12.7. The number of aliphatic imine (C=N–C) groups is 1. The molecule has 1 amide bonds. The number of amidine groups is 1. The van der Waals surface area contributed by atoms with Gasteiger partial charge >= 0.3 is 0 Å². The van der Waals surface area contributed by atoms with Crippen LogP contribution >= 0.6 is 0 Å². The third-order valence-corrected chi connectivity index (χ3v) is 6.47. The second-order valence-electron chi connectivity index (χ2n) is 9.16. The molecule has 196 valence electrons. The molecule has 0 saturated carbocycles. The van der Waals surface area contributed by atoms with E-state index in [9.17, 15) is 9.59 Å². The number of carbonyl (C=O) groups excluding carboxylic acids is 1. The Hall–Kier alpha value is -5.03. The summed E-state index contributed by atoms with van der Waals surface area (Å²) in [6, 6.07) is 22.3. The van der Waals surface area contributed by atoms with Gasteiger partial charge in [-0.25, -0.2) is 0 Å². The first kappa shape index (κ1) is 27.0. The zero-order valence-electron chi connectivity index (χ0n) is 22.0. The van der Waals surface area contributed by atoms with E-state index in [1.807, 2.05) is 42.5 Å². The van der Waals surface area contributed by atoms with E-state index >= 15 is 0 Å². The zero-order valence-corrected chi connectivity index (χ0v) is 22.0. The normalized spacial score (nSPS) is 11.2. The van der Waals surface area contributed by atoms with Crippen LogP contribution in [0.2, 0.25) is 0 Å². The zero-order chi connectivity index (χ0) is 27.8. The molecule has 2 heterocycles. The number of aryl methyl sites for hydroxylation is 1. The van der Waals surface area contributed by atoms with Gasteiger partial charge in [-0.1, -0.05) is 49.4 Å². The van der Waals surface area contributed by atoms with Crippen molar-refractivity contribution in [2.24, 2.45) is 10.7 Å². The summed E-state index contributed by atoms with van der Waals surface area (Å²) >= 11 is 0. The van der Waals surface area contributed by atoms with E-state index < -0.39 is 0 Å². The highest BCUT2D eigenvalue weighted by atomic mass is 16.1. The lowest BCUT2D eigenvalue weighted by atomic mass is 10.0. The summed E-state index contributed by atoms with van der Waals surface area (Å²) in [6.45, 7) is 2.84. The molecule has 0 fully saturated rings. The van der Waals surface area contributed by atoms with Gasteiger partial charge < -0.3 is 15.6 Å². The summed E-state index contributed by atoms with van der Waals surface area (Å²) in [5.41, 5.74) is 12.6. The molecule has 0 unspecified atom stereocenters. The molecule has 3 N–H and O–H groups in total. The number of amides is 1. The van der Waals surface area contributed by atoms with Crippen molar-refractivity contribution in [2.75, 3.05) is 7.05 Å². The fraction of sp³-hybridized carbons (Fsp3) is 0.194. The number of nitrogens with one attached hydrogen (secondary N) is 1. The quantitative estimate of drug-likeness (QED) is 0.259. The monoisotopic (exact) mass is 518 g/mol. The topological polar surface area (TPSA) is 126 Å². The van der Waals surface area contributed by atoms with Crippen LogP contribution in [0.3, 0.4) is 0 Å². The van der Waals surface area contributed by atoms with E-state index in [4.69, 9.17) is 11.0 Å². The van der Waals surface area contributed by atoms with Crippen LogP contribution < -0.4 is 16.6 Å². The van der Waals surface area contributed by atoms with Crippen LogP contribution in [0.25, 0.3) is 0 Å². The second kappa shape index (κ2) is 12.5. The number of aromatic nitrogens is 2. The molecular formula is C31H30N6O2. The highest BCUT2D eigenvalue weighted by Gasteiger charge is 2.10. The molecule has 4 rings (SSSR count). The Bertz CT molecular complexity index is 1610. The van der Waals surface area contributed by atoms with E-state index in [1.54, 1.807) is 31.6 Å². The summed E-state index contributed by atoms with van der Waals surface area (Å²) in [7, 11) is 1.67. The Morgan fingerprint density at radius 1 is 1.05 bits per heavy atom. The SMILES string of the molecule is CCc1cc(CNC(=O)c2ccnc(Cc3ccc(Cn4cc(C#N)ccc4=O)cc3)c2)ccc1C(N)=NC. The van der Waals surface area contributed by atoms with Gasteiger partial charge in [0, 0.05) is 55.3 Å². The van der Waals surface area contributed by atoms with Gasteiger partial charge in [-0.15, -0.1) is 0 Å². The number of hydrogen-bond donors (Lipinski definition) is 2. The largest absolute Gasteiger partial charge is 0.384 e. The molecule has 0 spiro atoms. The molecule has 0 aliphatic heterocycles. The Balaban J connectivity index is 1.39. The Kier molecular flexibility index (Phi) is 8.64. The van der Waals surface area contributed by atoms with Gasteiger partial charge in [-0.2, -0.15) is 5.26 Å². The molecule has 0 aliphatic carbocycles. The second-order valence-corrected chi connectivity index (χ2v) is 9.16. The van der Waals surface area contributed by atoms with Crippen LogP contribution in [0.15, 0.2) is 88.9 Å².